The van der Waals surface area contributed by atoms with Crippen molar-refractivity contribution in [3.63, 3.8) is 0 Å². The van der Waals surface area contributed by atoms with Gasteiger partial charge in [0.25, 0.3) is 0 Å². The van der Waals surface area contributed by atoms with Crippen LogP contribution in [0.4, 0.5) is 4.39 Å². The summed E-state index contributed by atoms with van der Waals surface area (Å²) in [6, 6.07) is 3.95. The van der Waals surface area contributed by atoms with Crippen molar-refractivity contribution >= 4 is 24.8 Å². The van der Waals surface area contributed by atoms with Crippen LogP contribution in [0.2, 0.25) is 25.7 Å². The fourth-order valence-corrected chi connectivity index (χ4v) is 5.04. The van der Waals surface area contributed by atoms with Crippen molar-refractivity contribution in [1.29, 1.82) is 0 Å². The van der Waals surface area contributed by atoms with Crippen LogP contribution in [0.25, 0.3) is 28.1 Å². The molecule has 0 saturated carbocycles. The molecule has 1 aliphatic rings. The molecular weight excluding hydrogens is 455 g/mol. The highest BCUT2D eigenvalue weighted by Gasteiger charge is 2.25. The van der Waals surface area contributed by atoms with Gasteiger partial charge in [-0.1, -0.05) is 19.6 Å². The van der Waals surface area contributed by atoms with Crippen LogP contribution in [0, 0.1) is 5.82 Å². The number of rotatable bonds is 7. The molecule has 0 radical (unpaired) electrons. The van der Waals surface area contributed by atoms with E-state index in [-0.39, 0.29) is 18.5 Å². The lowest BCUT2D eigenvalue weighted by atomic mass is 10.1. The Kier molecular flexibility index (Phi) is 6.09. The third-order valence-electron chi connectivity index (χ3n) is 6.21. The number of imidazole rings is 1. The van der Waals surface area contributed by atoms with E-state index in [0.717, 1.165) is 18.9 Å². The molecule has 0 aromatic carbocycles. The molecule has 4 aromatic heterocycles. The fourth-order valence-electron chi connectivity index (χ4n) is 4.28. The zero-order chi connectivity index (χ0) is 23.9. The molecule has 1 fully saturated rings. The lowest BCUT2D eigenvalue weighted by Gasteiger charge is -2.22. The Labute approximate surface area is 197 Å². The van der Waals surface area contributed by atoms with Gasteiger partial charge in [-0.3, -0.25) is 9.13 Å². The van der Waals surface area contributed by atoms with Gasteiger partial charge in [-0.2, -0.15) is 5.10 Å². The zero-order valence-corrected chi connectivity index (χ0v) is 20.7. The van der Waals surface area contributed by atoms with Crippen LogP contribution >= 0.6 is 0 Å². The highest BCUT2D eigenvalue weighted by molar-refractivity contribution is 6.76. The Morgan fingerprint density at radius 3 is 2.79 bits per heavy atom. The average molecular weight is 485 g/mol. The first kappa shape index (κ1) is 22.9. The third-order valence-corrected chi connectivity index (χ3v) is 7.92. The van der Waals surface area contributed by atoms with Gasteiger partial charge in [-0.25, -0.2) is 23.7 Å². The Morgan fingerprint density at radius 2 is 2.03 bits per heavy atom. The van der Waals surface area contributed by atoms with Crippen molar-refractivity contribution in [3.05, 3.63) is 47.0 Å². The second-order valence-corrected chi connectivity index (χ2v) is 15.5. The van der Waals surface area contributed by atoms with Crippen LogP contribution in [-0.4, -0.2) is 56.6 Å². The highest BCUT2D eigenvalue weighted by Crippen LogP contribution is 2.27. The molecular formula is C23H29FN6O3Si. The summed E-state index contributed by atoms with van der Waals surface area (Å²) in [5.41, 5.74) is 1.73. The molecule has 34 heavy (non-hydrogen) atoms. The summed E-state index contributed by atoms with van der Waals surface area (Å²) in [6.07, 6.45) is 6.29. The number of hydrogen-bond donors (Lipinski definition) is 0. The Hall–Kier alpha value is -2.89. The monoisotopic (exact) mass is 484 g/mol. The Morgan fingerprint density at radius 1 is 1.24 bits per heavy atom. The van der Waals surface area contributed by atoms with Gasteiger partial charge in [0.05, 0.1) is 18.0 Å². The normalized spacial score (nSPS) is 15.5. The molecule has 1 aliphatic heterocycles. The number of fused-ring (bicyclic) bond motifs is 2. The number of hydrogen-bond acceptors (Lipinski definition) is 6. The van der Waals surface area contributed by atoms with E-state index in [0.29, 0.717) is 47.9 Å². The van der Waals surface area contributed by atoms with Gasteiger partial charge >= 0.3 is 5.69 Å². The topological polar surface area (TPSA) is 88.5 Å². The molecule has 1 saturated heterocycles. The maximum atomic E-state index is 14.6. The smallest absolute Gasteiger partial charge is 0.332 e. The summed E-state index contributed by atoms with van der Waals surface area (Å²) < 4.78 is 30.8. The van der Waals surface area contributed by atoms with E-state index in [4.69, 9.17) is 14.5 Å². The van der Waals surface area contributed by atoms with E-state index >= 15 is 0 Å². The third kappa shape index (κ3) is 4.30. The molecule has 9 nitrogen and oxygen atoms in total. The number of halogens is 1. The SMILES string of the molecule is C[Si](C)(C)CCOCn1c(=O)n(C2CCOCC2)c2nc(-c3cnn4cccc(F)c34)ncc21. The van der Waals surface area contributed by atoms with E-state index in [1.807, 2.05) is 0 Å². The molecule has 4 aromatic rings. The lowest BCUT2D eigenvalue weighted by Crippen LogP contribution is -2.31. The van der Waals surface area contributed by atoms with Crippen LogP contribution in [0.3, 0.4) is 0 Å². The van der Waals surface area contributed by atoms with Gasteiger partial charge in [-0.15, -0.1) is 0 Å². The summed E-state index contributed by atoms with van der Waals surface area (Å²) >= 11 is 0. The van der Waals surface area contributed by atoms with E-state index in [1.165, 1.54) is 10.6 Å². The predicted octanol–water partition coefficient (Wildman–Crippen LogP) is 3.71. The molecule has 180 valence electrons. The van der Waals surface area contributed by atoms with Gasteiger partial charge in [0, 0.05) is 40.1 Å². The van der Waals surface area contributed by atoms with Crippen LogP contribution in [0.15, 0.2) is 35.5 Å². The fraction of sp³-hybridized carbons (Fsp3) is 0.478. The minimum atomic E-state index is -1.24. The minimum absolute atomic E-state index is 0.0321. The van der Waals surface area contributed by atoms with Crippen molar-refractivity contribution in [2.45, 2.75) is 51.3 Å². The standard InChI is InChI=1S/C23H29FN6O3Si/c1-34(2,3)12-11-33-15-28-19-14-25-21(17-13-26-29-8-4-5-18(24)20(17)29)27-22(19)30(23(28)31)16-6-9-32-10-7-16/h4-5,8,13-14,16H,6-7,9-12,15H2,1-3H3. The summed E-state index contributed by atoms with van der Waals surface area (Å²) in [6.45, 7) is 8.80. The Balaban J connectivity index is 1.58. The first-order valence-electron chi connectivity index (χ1n) is 11.6. The minimum Gasteiger partial charge on any atom is -0.381 e. The van der Waals surface area contributed by atoms with Crippen LogP contribution in [-0.2, 0) is 16.2 Å². The molecule has 0 bridgehead atoms. The Bertz CT molecular complexity index is 1380. The second kappa shape index (κ2) is 9.04. The van der Waals surface area contributed by atoms with Crippen molar-refractivity contribution < 1.29 is 13.9 Å². The van der Waals surface area contributed by atoms with Crippen molar-refractivity contribution in [3.8, 4) is 11.4 Å². The van der Waals surface area contributed by atoms with Gasteiger partial charge in [0.1, 0.15) is 23.6 Å². The summed E-state index contributed by atoms with van der Waals surface area (Å²) in [4.78, 5) is 22.8. The highest BCUT2D eigenvalue weighted by atomic mass is 28.3. The first-order chi connectivity index (χ1) is 16.3. The number of nitrogens with zero attached hydrogens (tertiary/aromatic N) is 6. The molecule has 0 unspecified atom stereocenters. The van der Waals surface area contributed by atoms with Crippen LogP contribution < -0.4 is 5.69 Å². The van der Waals surface area contributed by atoms with E-state index in [2.05, 4.69) is 29.7 Å². The molecule has 0 amide bonds. The van der Waals surface area contributed by atoms with Gasteiger partial charge < -0.3 is 9.47 Å². The molecule has 5 rings (SSSR count). The van der Waals surface area contributed by atoms with E-state index < -0.39 is 13.9 Å². The van der Waals surface area contributed by atoms with E-state index in [1.54, 1.807) is 33.8 Å². The second-order valence-electron chi connectivity index (χ2n) is 9.88. The lowest BCUT2D eigenvalue weighted by molar-refractivity contribution is 0.0669. The largest absolute Gasteiger partial charge is 0.381 e. The molecule has 0 N–H and O–H groups in total. The molecule has 0 spiro atoms. The van der Waals surface area contributed by atoms with Crippen LogP contribution in [0.1, 0.15) is 18.9 Å². The van der Waals surface area contributed by atoms with Gasteiger partial charge in [-0.05, 0) is 31.0 Å². The zero-order valence-electron chi connectivity index (χ0n) is 19.7. The molecule has 0 aliphatic carbocycles. The predicted molar refractivity (Wildman–Crippen MR) is 129 cm³/mol. The van der Waals surface area contributed by atoms with Crippen molar-refractivity contribution in [2.24, 2.45) is 0 Å². The number of ether oxygens (including phenoxy) is 2. The average Bonchev–Trinajstić information content (AvgIpc) is 3.36. The van der Waals surface area contributed by atoms with E-state index in [9.17, 15) is 9.18 Å². The maximum Gasteiger partial charge on any atom is 0.332 e. The first-order valence-corrected chi connectivity index (χ1v) is 15.3. The molecule has 5 heterocycles. The number of aromatic nitrogens is 6. The molecule has 11 heteroatoms. The molecule has 0 atom stereocenters. The number of pyridine rings is 1. The van der Waals surface area contributed by atoms with Crippen molar-refractivity contribution in [1.82, 2.24) is 28.7 Å². The summed E-state index contributed by atoms with van der Waals surface area (Å²) in [5.74, 6) is -0.0842. The summed E-state index contributed by atoms with van der Waals surface area (Å²) in [7, 11) is -1.24. The maximum absolute atomic E-state index is 14.6. The quantitative estimate of drug-likeness (QED) is 0.294. The summed E-state index contributed by atoms with van der Waals surface area (Å²) in [5, 5.41) is 4.23. The van der Waals surface area contributed by atoms with Crippen molar-refractivity contribution in [2.75, 3.05) is 19.8 Å². The van der Waals surface area contributed by atoms with Crippen LogP contribution in [0.5, 0.6) is 0 Å². The van der Waals surface area contributed by atoms with Gasteiger partial charge in [0.2, 0.25) is 0 Å². The van der Waals surface area contributed by atoms with Gasteiger partial charge in [0.15, 0.2) is 11.5 Å².